The third kappa shape index (κ3) is 8.02. The Morgan fingerprint density at radius 1 is 1.09 bits per heavy atom. The first-order chi connectivity index (χ1) is 15.0. The number of amides is 2. The van der Waals surface area contributed by atoms with Crippen molar-refractivity contribution in [2.75, 3.05) is 5.75 Å². The molecule has 7 heteroatoms. The quantitative estimate of drug-likeness (QED) is 0.447. The topological polar surface area (TPSA) is 49.4 Å². The van der Waals surface area contributed by atoms with Crippen molar-refractivity contribution in [2.45, 2.75) is 64.9 Å². The van der Waals surface area contributed by atoms with E-state index in [2.05, 4.69) is 5.32 Å². The molecule has 2 aromatic carbocycles. The molecule has 0 radical (unpaired) electrons. The molecule has 1 atom stereocenters. The van der Waals surface area contributed by atoms with Crippen molar-refractivity contribution >= 4 is 46.8 Å². The first-order valence-corrected chi connectivity index (χ1v) is 12.6. The van der Waals surface area contributed by atoms with Crippen LogP contribution in [0.3, 0.4) is 0 Å². The molecule has 4 nitrogen and oxygen atoms in total. The van der Waals surface area contributed by atoms with Crippen LogP contribution in [0.15, 0.2) is 42.5 Å². The number of carbonyl (C=O) groups is 2. The number of halogens is 2. The summed E-state index contributed by atoms with van der Waals surface area (Å²) in [5.74, 6) is 0.711. The van der Waals surface area contributed by atoms with E-state index in [0.29, 0.717) is 28.8 Å². The van der Waals surface area contributed by atoms with Crippen LogP contribution in [0.2, 0.25) is 10.0 Å². The molecule has 0 heterocycles. The summed E-state index contributed by atoms with van der Waals surface area (Å²) in [7, 11) is 0. The standard InChI is InChI=1S/C25H32Cl2N2O2S/c1-6-22(24(31)28-25(3,4)5)29(14-19-10-8-7-9-17(19)2)23(30)16-32-15-18-11-12-20(26)21(27)13-18/h7-13,22H,6,14-16H2,1-5H3,(H,28,31). The molecule has 0 spiro atoms. The van der Waals surface area contributed by atoms with E-state index in [-0.39, 0.29) is 23.1 Å². The SMILES string of the molecule is CCC(C(=O)NC(C)(C)C)N(Cc1ccccc1C)C(=O)CSCc1ccc(Cl)c(Cl)c1. The minimum atomic E-state index is -0.535. The van der Waals surface area contributed by atoms with Crippen LogP contribution in [0.5, 0.6) is 0 Å². The number of benzene rings is 2. The first kappa shape index (κ1) is 26.6. The molecule has 2 aromatic rings. The smallest absolute Gasteiger partial charge is 0.243 e. The number of nitrogens with zero attached hydrogens (tertiary/aromatic N) is 1. The van der Waals surface area contributed by atoms with E-state index in [4.69, 9.17) is 23.2 Å². The summed E-state index contributed by atoms with van der Waals surface area (Å²) in [4.78, 5) is 28.1. The highest BCUT2D eigenvalue weighted by molar-refractivity contribution is 7.99. The lowest BCUT2D eigenvalue weighted by Gasteiger charge is -2.33. The van der Waals surface area contributed by atoms with Crippen molar-refractivity contribution < 1.29 is 9.59 Å². The molecule has 2 amide bonds. The zero-order chi connectivity index (χ0) is 23.9. The number of thioether (sulfide) groups is 1. The summed E-state index contributed by atoms with van der Waals surface area (Å²) >= 11 is 13.6. The lowest BCUT2D eigenvalue weighted by Crippen LogP contribution is -2.53. The Morgan fingerprint density at radius 2 is 1.78 bits per heavy atom. The molecular weight excluding hydrogens is 463 g/mol. The average molecular weight is 496 g/mol. The van der Waals surface area contributed by atoms with Gasteiger partial charge in [0.15, 0.2) is 0 Å². The molecule has 0 aromatic heterocycles. The van der Waals surface area contributed by atoms with Gasteiger partial charge in [-0.05, 0) is 62.9 Å². The third-order valence-electron chi connectivity index (χ3n) is 4.96. The average Bonchev–Trinajstić information content (AvgIpc) is 2.70. The van der Waals surface area contributed by atoms with Crippen LogP contribution in [0.4, 0.5) is 0 Å². The van der Waals surface area contributed by atoms with Crippen LogP contribution in [0.25, 0.3) is 0 Å². The van der Waals surface area contributed by atoms with Gasteiger partial charge in [-0.15, -0.1) is 11.8 Å². The summed E-state index contributed by atoms with van der Waals surface area (Å²) in [5, 5.41) is 4.05. The van der Waals surface area contributed by atoms with E-state index in [1.54, 1.807) is 11.0 Å². The lowest BCUT2D eigenvalue weighted by molar-refractivity contribution is -0.140. The van der Waals surface area contributed by atoms with Gasteiger partial charge in [0.05, 0.1) is 15.8 Å². The van der Waals surface area contributed by atoms with E-state index in [9.17, 15) is 9.59 Å². The summed E-state index contributed by atoms with van der Waals surface area (Å²) in [6.07, 6.45) is 0.539. The fourth-order valence-corrected chi connectivity index (χ4v) is 4.49. The van der Waals surface area contributed by atoms with Gasteiger partial charge in [0, 0.05) is 17.8 Å². The van der Waals surface area contributed by atoms with Crippen molar-refractivity contribution in [3.05, 3.63) is 69.2 Å². The van der Waals surface area contributed by atoms with Crippen LogP contribution < -0.4 is 5.32 Å². The molecule has 0 fully saturated rings. The summed E-state index contributed by atoms with van der Waals surface area (Å²) in [5.41, 5.74) is 2.77. The Labute approximate surface area is 206 Å². The predicted octanol–water partition coefficient (Wildman–Crippen LogP) is 6.26. The van der Waals surface area contributed by atoms with E-state index in [0.717, 1.165) is 16.7 Å². The molecule has 0 saturated heterocycles. The molecule has 0 aliphatic carbocycles. The van der Waals surface area contributed by atoms with Gasteiger partial charge < -0.3 is 10.2 Å². The highest BCUT2D eigenvalue weighted by Gasteiger charge is 2.30. The van der Waals surface area contributed by atoms with Crippen molar-refractivity contribution in [3.63, 3.8) is 0 Å². The van der Waals surface area contributed by atoms with E-state index in [1.807, 2.05) is 71.0 Å². The maximum Gasteiger partial charge on any atom is 0.243 e. The Kier molecular flexibility index (Phi) is 9.93. The van der Waals surface area contributed by atoms with Gasteiger partial charge in [-0.2, -0.15) is 0 Å². The van der Waals surface area contributed by atoms with Gasteiger partial charge in [-0.3, -0.25) is 9.59 Å². The molecule has 0 saturated carbocycles. The fourth-order valence-electron chi connectivity index (χ4n) is 3.31. The highest BCUT2D eigenvalue weighted by atomic mass is 35.5. The van der Waals surface area contributed by atoms with E-state index >= 15 is 0 Å². The molecular formula is C25H32Cl2N2O2S. The van der Waals surface area contributed by atoms with Crippen molar-refractivity contribution in [1.82, 2.24) is 10.2 Å². The maximum atomic E-state index is 13.3. The molecule has 1 unspecified atom stereocenters. The second-order valence-electron chi connectivity index (χ2n) is 8.85. The molecule has 0 aliphatic rings. The van der Waals surface area contributed by atoms with Gasteiger partial charge in [-0.25, -0.2) is 0 Å². The molecule has 1 N–H and O–H groups in total. The largest absolute Gasteiger partial charge is 0.350 e. The molecule has 2 rings (SSSR count). The Balaban J connectivity index is 2.17. The van der Waals surface area contributed by atoms with E-state index in [1.165, 1.54) is 11.8 Å². The summed E-state index contributed by atoms with van der Waals surface area (Å²) in [6.45, 7) is 10.2. The maximum absolute atomic E-state index is 13.3. The normalized spacial score (nSPS) is 12.3. The number of carbonyl (C=O) groups excluding carboxylic acids is 2. The Morgan fingerprint density at radius 3 is 2.38 bits per heavy atom. The van der Waals surface area contributed by atoms with Crippen LogP contribution in [-0.2, 0) is 21.9 Å². The minimum absolute atomic E-state index is 0.0609. The fraction of sp³-hybridized carbons (Fsp3) is 0.440. The molecule has 0 bridgehead atoms. The highest BCUT2D eigenvalue weighted by Crippen LogP contribution is 2.25. The number of hydrogen-bond donors (Lipinski definition) is 1. The summed E-state index contributed by atoms with van der Waals surface area (Å²) < 4.78 is 0. The number of hydrogen-bond acceptors (Lipinski definition) is 3. The van der Waals surface area contributed by atoms with Crippen LogP contribution in [-0.4, -0.2) is 34.0 Å². The van der Waals surface area contributed by atoms with Crippen molar-refractivity contribution in [2.24, 2.45) is 0 Å². The number of aryl methyl sites for hydroxylation is 1. The van der Waals surface area contributed by atoms with Crippen molar-refractivity contribution in [3.8, 4) is 0 Å². The Hall–Kier alpha value is -1.69. The van der Waals surface area contributed by atoms with Gasteiger partial charge in [0.25, 0.3) is 0 Å². The van der Waals surface area contributed by atoms with Crippen LogP contribution in [0.1, 0.15) is 50.8 Å². The second-order valence-corrected chi connectivity index (χ2v) is 10.7. The third-order valence-corrected chi connectivity index (χ3v) is 6.69. The van der Waals surface area contributed by atoms with Gasteiger partial charge >= 0.3 is 0 Å². The monoisotopic (exact) mass is 494 g/mol. The predicted molar refractivity (Wildman–Crippen MR) is 136 cm³/mol. The molecule has 174 valence electrons. The van der Waals surface area contributed by atoms with Crippen LogP contribution in [0, 0.1) is 6.92 Å². The van der Waals surface area contributed by atoms with E-state index < -0.39 is 6.04 Å². The van der Waals surface area contributed by atoms with Crippen molar-refractivity contribution in [1.29, 1.82) is 0 Å². The number of nitrogens with one attached hydrogen (secondary N) is 1. The zero-order valence-corrected chi connectivity index (χ0v) is 21.7. The van der Waals surface area contributed by atoms with Crippen LogP contribution >= 0.6 is 35.0 Å². The van der Waals surface area contributed by atoms with Gasteiger partial charge in [-0.1, -0.05) is 60.5 Å². The second kappa shape index (κ2) is 12.0. The lowest BCUT2D eigenvalue weighted by atomic mass is 10.0. The number of rotatable bonds is 9. The summed E-state index contributed by atoms with van der Waals surface area (Å²) in [6, 6.07) is 12.9. The molecule has 0 aliphatic heterocycles. The van der Waals surface area contributed by atoms with Gasteiger partial charge in [0.2, 0.25) is 11.8 Å². The van der Waals surface area contributed by atoms with Gasteiger partial charge in [0.1, 0.15) is 6.04 Å². The molecule has 32 heavy (non-hydrogen) atoms. The minimum Gasteiger partial charge on any atom is -0.350 e. The first-order valence-electron chi connectivity index (χ1n) is 10.7. The Bertz CT molecular complexity index is 944. The zero-order valence-electron chi connectivity index (χ0n) is 19.4.